The van der Waals surface area contributed by atoms with Crippen LogP contribution in [-0.2, 0) is 0 Å². The van der Waals surface area contributed by atoms with Crippen molar-refractivity contribution in [3.8, 4) is 11.3 Å². The summed E-state index contributed by atoms with van der Waals surface area (Å²) < 4.78 is 0.998. The van der Waals surface area contributed by atoms with E-state index < -0.39 is 0 Å². The normalized spacial score (nSPS) is 10.6. The zero-order valence-corrected chi connectivity index (χ0v) is 12.8. The second kappa shape index (κ2) is 5.53. The minimum Gasteiger partial charge on any atom is -0.307 e. The lowest BCUT2D eigenvalue weighted by atomic mass is 10.1. The van der Waals surface area contributed by atoms with Gasteiger partial charge in [0.25, 0.3) is 5.91 Å². The van der Waals surface area contributed by atoms with E-state index in [-0.39, 0.29) is 5.91 Å². The molecule has 21 heavy (non-hydrogen) atoms. The van der Waals surface area contributed by atoms with Gasteiger partial charge < -0.3 is 4.90 Å². The van der Waals surface area contributed by atoms with Crippen LogP contribution in [0.5, 0.6) is 0 Å². The molecular formula is C14H12BrN5O. The van der Waals surface area contributed by atoms with Gasteiger partial charge in [0, 0.05) is 23.3 Å². The summed E-state index contributed by atoms with van der Waals surface area (Å²) >= 11 is 3.39. The molecule has 0 aliphatic rings. The molecule has 0 radical (unpaired) electrons. The summed E-state index contributed by atoms with van der Waals surface area (Å²) in [7, 11) is 1.69. The third kappa shape index (κ3) is 2.73. The molecule has 0 fully saturated rings. The third-order valence-corrected chi connectivity index (χ3v) is 3.65. The highest BCUT2D eigenvalue weighted by atomic mass is 79.9. The Balaban J connectivity index is 1.84. The number of nitrogens with one attached hydrogen (secondary N) is 2. The number of hydrogen-bond acceptors (Lipinski definition) is 3. The molecule has 106 valence electrons. The van der Waals surface area contributed by atoms with E-state index >= 15 is 0 Å². The average molecular weight is 346 g/mol. The van der Waals surface area contributed by atoms with Gasteiger partial charge in [0.05, 0.1) is 17.6 Å². The predicted octanol–water partition coefficient (Wildman–Crippen LogP) is 2.84. The fraction of sp³-hybridized carbons (Fsp3) is 0.0714. The molecule has 2 heterocycles. The number of carbonyl (C=O) groups is 1. The highest BCUT2D eigenvalue weighted by molar-refractivity contribution is 9.10. The Morgan fingerprint density at radius 2 is 2.05 bits per heavy atom. The van der Waals surface area contributed by atoms with Crippen molar-refractivity contribution in [2.45, 2.75) is 0 Å². The van der Waals surface area contributed by atoms with Gasteiger partial charge in [0.2, 0.25) is 0 Å². The van der Waals surface area contributed by atoms with E-state index in [1.165, 1.54) is 4.90 Å². The van der Waals surface area contributed by atoms with E-state index in [2.05, 4.69) is 36.3 Å². The number of benzene rings is 1. The maximum Gasteiger partial charge on any atom is 0.276 e. The predicted molar refractivity (Wildman–Crippen MR) is 83.0 cm³/mol. The molecule has 7 heteroatoms. The molecule has 1 aromatic carbocycles. The van der Waals surface area contributed by atoms with E-state index in [1.54, 1.807) is 25.5 Å². The second-order valence-electron chi connectivity index (χ2n) is 4.49. The molecule has 0 aliphatic carbocycles. The number of nitrogens with zero attached hydrogens (tertiary/aromatic N) is 3. The molecule has 0 spiro atoms. The lowest BCUT2D eigenvalue weighted by Crippen LogP contribution is -2.26. The van der Waals surface area contributed by atoms with Crippen molar-refractivity contribution in [1.82, 2.24) is 20.4 Å². The second-order valence-corrected chi connectivity index (χ2v) is 5.41. The molecule has 0 aliphatic heterocycles. The van der Waals surface area contributed by atoms with Gasteiger partial charge in [-0.3, -0.25) is 15.0 Å². The lowest BCUT2D eigenvalue weighted by Gasteiger charge is -2.12. The molecule has 0 saturated heterocycles. The number of aromatic nitrogens is 4. The molecule has 0 bridgehead atoms. The Hall–Kier alpha value is -2.41. The molecule has 6 nitrogen and oxygen atoms in total. The van der Waals surface area contributed by atoms with Gasteiger partial charge in [-0.1, -0.05) is 28.1 Å². The quantitative estimate of drug-likeness (QED) is 0.766. The molecule has 3 rings (SSSR count). The van der Waals surface area contributed by atoms with E-state index in [4.69, 9.17) is 0 Å². The summed E-state index contributed by atoms with van der Waals surface area (Å²) in [5.41, 5.74) is 2.79. The average Bonchev–Trinajstić information content (AvgIpc) is 3.18. The summed E-state index contributed by atoms with van der Waals surface area (Å²) in [4.78, 5) is 13.8. The molecule has 3 aromatic rings. The van der Waals surface area contributed by atoms with E-state index in [0.717, 1.165) is 15.7 Å². The van der Waals surface area contributed by atoms with Gasteiger partial charge in [-0.2, -0.15) is 10.2 Å². The maximum atomic E-state index is 12.3. The maximum absolute atomic E-state index is 12.3. The van der Waals surface area contributed by atoms with Crippen molar-refractivity contribution in [3.05, 3.63) is 52.9 Å². The van der Waals surface area contributed by atoms with Gasteiger partial charge in [0.15, 0.2) is 0 Å². The van der Waals surface area contributed by atoms with Crippen LogP contribution in [0.15, 0.2) is 47.2 Å². The van der Waals surface area contributed by atoms with E-state index in [1.807, 2.05) is 24.3 Å². The van der Waals surface area contributed by atoms with Gasteiger partial charge in [-0.15, -0.1) is 0 Å². The minimum atomic E-state index is -0.174. The van der Waals surface area contributed by atoms with Crippen LogP contribution < -0.4 is 4.90 Å². The topological polar surface area (TPSA) is 77.7 Å². The first kappa shape index (κ1) is 13.6. The van der Waals surface area contributed by atoms with E-state index in [9.17, 15) is 4.79 Å². The summed E-state index contributed by atoms with van der Waals surface area (Å²) in [6, 6.07) is 9.48. The number of aromatic amines is 2. The van der Waals surface area contributed by atoms with E-state index in [0.29, 0.717) is 11.4 Å². The standard InChI is InChI=1S/C14H12BrN5O/c1-20(11-7-16-17-8-11)14(21)13-6-12(18-19-13)9-2-4-10(15)5-3-9/h2-8H,1H3,(H,16,17)(H,18,19). The van der Waals surface area contributed by atoms with Gasteiger partial charge in [0.1, 0.15) is 5.69 Å². The molecule has 2 aromatic heterocycles. The number of anilines is 1. The molecule has 1 amide bonds. The van der Waals surface area contributed by atoms with Crippen LogP contribution in [0.1, 0.15) is 10.5 Å². The van der Waals surface area contributed by atoms with Gasteiger partial charge >= 0.3 is 0 Å². The number of hydrogen-bond donors (Lipinski definition) is 2. The summed E-state index contributed by atoms with van der Waals surface area (Å²) in [5.74, 6) is -0.174. The van der Waals surface area contributed by atoms with Crippen LogP contribution in [0.3, 0.4) is 0 Å². The number of H-pyrrole nitrogens is 2. The van der Waals surface area contributed by atoms with Gasteiger partial charge in [-0.25, -0.2) is 0 Å². The van der Waals surface area contributed by atoms with Crippen molar-refractivity contribution in [1.29, 1.82) is 0 Å². The fourth-order valence-electron chi connectivity index (χ4n) is 1.93. The zero-order valence-electron chi connectivity index (χ0n) is 11.2. The first-order chi connectivity index (χ1) is 10.1. The summed E-state index contributed by atoms with van der Waals surface area (Å²) in [6.45, 7) is 0. The van der Waals surface area contributed by atoms with Crippen LogP contribution in [0, 0.1) is 0 Å². The molecule has 0 unspecified atom stereocenters. The molecule has 0 saturated carbocycles. The van der Waals surface area contributed by atoms with Crippen molar-refractivity contribution in [3.63, 3.8) is 0 Å². The molecule has 2 N–H and O–H groups in total. The fourth-order valence-corrected chi connectivity index (χ4v) is 2.19. The van der Waals surface area contributed by atoms with Crippen LogP contribution in [0.25, 0.3) is 11.3 Å². The first-order valence-corrected chi connectivity index (χ1v) is 7.02. The number of rotatable bonds is 3. The Kier molecular flexibility index (Phi) is 3.57. The Labute approximate surface area is 129 Å². The number of carbonyl (C=O) groups excluding carboxylic acids is 1. The first-order valence-electron chi connectivity index (χ1n) is 6.23. The number of amides is 1. The van der Waals surface area contributed by atoms with Crippen LogP contribution >= 0.6 is 15.9 Å². The summed E-state index contributed by atoms with van der Waals surface area (Å²) in [6.07, 6.45) is 3.24. The number of halogens is 1. The smallest absolute Gasteiger partial charge is 0.276 e. The van der Waals surface area contributed by atoms with Crippen LogP contribution in [0.2, 0.25) is 0 Å². The van der Waals surface area contributed by atoms with Gasteiger partial charge in [-0.05, 0) is 18.2 Å². The monoisotopic (exact) mass is 345 g/mol. The lowest BCUT2D eigenvalue weighted by molar-refractivity contribution is 0.0988. The Morgan fingerprint density at radius 1 is 1.29 bits per heavy atom. The molecule has 0 atom stereocenters. The summed E-state index contributed by atoms with van der Waals surface area (Å²) in [5, 5.41) is 13.5. The van der Waals surface area contributed by atoms with Crippen LogP contribution in [-0.4, -0.2) is 33.3 Å². The highest BCUT2D eigenvalue weighted by Crippen LogP contribution is 2.21. The Morgan fingerprint density at radius 3 is 2.71 bits per heavy atom. The SMILES string of the molecule is CN(C(=O)c1cc(-c2ccc(Br)cc2)n[nH]1)c1cn[nH]c1. The zero-order chi connectivity index (χ0) is 14.8. The van der Waals surface area contributed by atoms with Crippen molar-refractivity contribution in [2.75, 3.05) is 11.9 Å². The van der Waals surface area contributed by atoms with Crippen molar-refractivity contribution < 1.29 is 4.79 Å². The minimum absolute atomic E-state index is 0.174. The van der Waals surface area contributed by atoms with Crippen LogP contribution in [0.4, 0.5) is 5.69 Å². The Bertz CT molecular complexity index is 748. The van der Waals surface area contributed by atoms with Crippen molar-refractivity contribution in [2.24, 2.45) is 0 Å². The highest BCUT2D eigenvalue weighted by Gasteiger charge is 2.17. The van der Waals surface area contributed by atoms with Crippen molar-refractivity contribution >= 4 is 27.5 Å². The third-order valence-electron chi connectivity index (χ3n) is 3.12. The largest absolute Gasteiger partial charge is 0.307 e. The molecular weight excluding hydrogens is 334 g/mol.